The van der Waals surface area contributed by atoms with Crippen LogP contribution in [0, 0.1) is 24.7 Å². The molecule has 3 unspecified atom stereocenters. The summed E-state index contributed by atoms with van der Waals surface area (Å²) < 4.78 is 0. The first-order valence-electron chi connectivity index (χ1n) is 11.8. The quantitative estimate of drug-likeness (QED) is 0.370. The standard InChI is InChI=1S/C27H40S/c1-5-22(6-2)10-7-8-11-23-14-15-24(19-21(23)4)26-18-20(3)13-16-25(26)27-12-9-17-28-27/h9,12-13,16-18,21-24H,5-8,10-11,14-15,19H2,1-4H3. The van der Waals surface area contributed by atoms with Crippen LogP contribution < -0.4 is 0 Å². The summed E-state index contributed by atoms with van der Waals surface area (Å²) in [5.74, 6) is 3.52. The van der Waals surface area contributed by atoms with Crippen molar-refractivity contribution in [1.82, 2.24) is 0 Å². The molecule has 0 saturated heterocycles. The summed E-state index contributed by atoms with van der Waals surface area (Å²) in [5.41, 5.74) is 4.51. The van der Waals surface area contributed by atoms with Crippen LogP contribution >= 0.6 is 11.3 Å². The first kappa shape index (κ1) is 21.6. The Morgan fingerprint density at radius 3 is 2.57 bits per heavy atom. The smallest absolute Gasteiger partial charge is 0.0345 e. The zero-order valence-corrected chi connectivity index (χ0v) is 19.4. The van der Waals surface area contributed by atoms with E-state index in [2.05, 4.69) is 63.4 Å². The highest BCUT2D eigenvalue weighted by atomic mass is 32.1. The molecule has 0 aliphatic heterocycles. The van der Waals surface area contributed by atoms with Gasteiger partial charge in [0.1, 0.15) is 0 Å². The van der Waals surface area contributed by atoms with Gasteiger partial charge in [0.15, 0.2) is 0 Å². The normalized spacial score (nSPS) is 22.7. The lowest BCUT2D eigenvalue weighted by Crippen LogP contribution is -2.22. The molecule has 0 N–H and O–H groups in total. The summed E-state index contributed by atoms with van der Waals surface area (Å²) in [6.07, 6.45) is 12.7. The molecule has 2 aromatic rings. The molecule has 28 heavy (non-hydrogen) atoms. The maximum Gasteiger partial charge on any atom is 0.0345 e. The van der Waals surface area contributed by atoms with E-state index in [9.17, 15) is 0 Å². The molecule has 3 atom stereocenters. The van der Waals surface area contributed by atoms with Crippen molar-refractivity contribution >= 4 is 11.3 Å². The minimum atomic E-state index is 0.743. The number of benzene rings is 1. The third-order valence-corrected chi connectivity index (χ3v) is 8.28. The minimum Gasteiger partial charge on any atom is -0.144 e. The summed E-state index contributed by atoms with van der Waals surface area (Å²) in [5, 5.41) is 2.21. The van der Waals surface area contributed by atoms with E-state index in [0.717, 1.165) is 23.7 Å². The second-order valence-corrected chi connectivity index (χ2v) is 10.2. The molecule has 0 radical (unpaired) electrons. The Balaban J connectivity index is 1.58. The molecule has 1 fully saturated rings. The summed E-state index contributed by atoms with van der Waals surface area (Å²) in [4.78, 5) is 1.44. The van der Waals surface area contributed by atoms with E-state index in [-0.39, 0.29) is 0 Å². The van der Waals surface area contributed by atoms with Crippen molar-refractivity contribution in [1.29, 1.82) is 0 Å². The molecule has 1 aliphatic rings. The Bertz CT molecular complexity index is 695. The number of aryl methyl sites for hydroxylation is 1. The summed E-state index contributed by atoms with van der Waals surface area (Å²) in [6.45, 7) is 9.48. The lowest BCUT2D eigenvalue weighted by Gasteiger charge is -2.35. The van der Waals surface area contributed by atoms with Crippen LogP contribution in [0.25, 0.3) is 10.4 Å². The van der Waals surface area contributed by atoms with Crippen LogP contribution in [0.4, 0.5) is 0 Å². The second-order valence-electron chi connectivity index (χ2n) is 9.28. The molecule has 1 heteroatoms. The Morgan fingerprint density at radius 2 is 1.89 bits per heavy atom. The van der Waals surface area contributed by atoms with Gasteiger partial charge in [0.05, 0.1) is 0 Å². The van der Waals surface area contributed by atoms with E-state index in [4.69, 9.17) is 0 Å². The van der Waals surface area contributed by atoms with Crippen molar-refractivity contribution in [3.63, 3.8) is 0 Å². The van der Waals surface area contributed by atoms with Crippen molar-refractivity contribution in [2.75, 3.05) is 0 Å². The Morgan fingerprint density at radius 1 is 1.07 bits per heavy atom. The van der Waals surface area contributed by atoms with Crippen molar-refractivity contribution in [2.45, 2.75) is 91.4 Å². The van der Waals surface area contributed by atoms with Gasteiger partial charge in [0.25, 0.3) is 0 Å². The Labute approximate surface area is 177 Å². The van der Waals surface area contributed by atoms with E-state index in [1.54, 1.807) is 5.56 Å². The van der Waals surface area contributed by atoms with E-state index in [1.807, 2.05) is 11.3 Å². The van der Waals surface area contributed by atoms with Gasteiger partial charge in [-0.05, 0) is 72.4 Å². The topological polar surface area (TPSA) is 0 Å². The van der Waals surface area contributed by atoms with Gasteiger partial charge in [-0.15, -0.1) is 11.3 Å². The van der Waals surface area contributed by atoms with Crippen molar-refractivity contribution < 1.29 is 0 Å². The molecular formula is C27H40S. The molecule has 154 valence electrons. The van der Waals surface area contributed by atoms with Crippen LogP contribution in [-0.4, -0.2) is 0 Å². The highest BCUT2D eigenvalue weighted by molar-refractivity contribution is 7.13. The third-order valence-electron chi connectivity index (χ3n) is 7.37. The van der Waals surface area contributed by atoms with Crippen molar-refractivity contribution in [3.8, 4) is 10.4 Å². The fourth-order valence-corrected chi connectivity index (χ4v) is 6.16. The number of hydrogen-bond donors (Lipinski definition) is 0. The molecule has 1 heterocycles. The Kier molecular flexibility index (Phi) is 8.21. The largest absolute Gasteiger partial charge is 0.144 e. The number of rotatable bonds is 9. The average Bonchev–Trinajstić information content (AvgIpc) is 3.23. The summed E-state index contributed by atoms with van der Waals surface area (Å²) >= 11 is 1.88. The van der Waals surface area contributed by atoms with E-state index < -0.39 is 0 Å². The molecule has 0 spiro atoms. The zero-order chi connectivity index (χ0) is 19.9. The molecule has 1 aromatic carbocycles. The van der Waals surface area contributed by atoms with Gasteiger partial charge in [0.2, 0.25) is 0 Å². The van der Waals surface area contributed by atoms with Crippen LogP contribution in [0.5, 0.6) is 0 Å². The van der Waals surface area contributed by atoms with Crippen molar-refractivity contribution in [3.05, 3.63) is 46.8 Å². The maximum atomic E-state index is 2.53. The van der Waals surface area contributed by atoms with Crippen molar-refractivity contribution in [2.24, 2.45) is 17.8 Å². The highest BCUT2D eigenvalue weighted by Gasteiger charge is 2.29. The highest BCUT2D eigenvalue weighted by Crippen LogP contribution is 2.45. The molecule has 0 bridgehead atoms. The van der Waals surface area contributed by atoms with Gasteiger partial charge in [0, 0.05) is 4.88 Å². The molecule has 0 amide bonds. The number of unbranched alkanes of at least 4 members (excludes halogenated alkanes) is 1. The lowest BCUT2D eigenvalue weighted by molar-refractivity contribution is 0.214. The van der Waals surface area contributed by atoms with Gasteiger partial charge in [-0.2, -0.15) is 0 Å². The van der Waals surface area contributed by atoms with Crippen LogP contribution in [0.2, 0.25) is 0 Å². The van der Waals surface area contributed by atoms with Gasteiger partial charge >= 0.3 is 0 Å². The predicted molar refractivity (Wildman–Crippen MR) is 126 cm³/mol. The van der Waals surface area contributed by atoms with Crippen LogP contribution in [-0.2, 0) is 0 Å². The Hall–Kier alpha value is -1.08. The fraction of sp³-hybridized carbons (Fsp3) is 0.630. The van der Waals surface area contributed by atoms with Crippen LogP contribution in [0.15, 0.2) is 35.7 Å². The molecule has 1 aliphatic carbocycles. The number of thiophene rings is 1. The van der Waals surface area contributed by atoms with Gasteiger partial charge in [-0.3, -0.25) is 0 Å². The second kappa shape index (κ2) is 10.6. The molecule has 1 aromatic heterocycles. The number of hydrogen-bond acceptors (Lipinski definition) is 1. The molecule has 3 rings (SSSR count). The van der Waals surface area contributed by atoms with Gasteiger partial charge < -0.3 is 0 Å². The molecule has 1 saturated carbocycles. The van der Waals surface area contributed by atoms with E-state index in [0.29, 0.717) is 0 Å². The summed E-state index contributed by atoms with van der Waals surface area (Å²) in [6, 6.07) is 11.6. The van der Waals surface area contributed by atoms with Crippen LogP contribution in [0.1, 0.15) is 95.6 Å². The molecular weight excluding hydrogens is 356 g/mol. The van der Waals surface area contributed by atoms with Gasteiger partial charge in [-0.25, -0.2) is 0 Å². The first-order valence-corrected chi connectivity index (χ1v) is 12.6. The fourth-order valence-electron chi connectivity index (χ4n) is 5.38. The lowest BCUT2D eigenvalue weighted by atomic mass is 9.70. The predicted octanol–water partition coefficient (Wildman–Crippen LogP) is 9.24. The average molecular weight is 397 g/mol. The third kappa shape index (κ3) is 5.50. The van der Waals surface area contributed by atoms with E-state index >= 15 is 0 Å². The molecule has 0 nitrogen and oxygen atoms in total. The zero-order valence-electron chi connectivity index (χ0n) is 18.5. The van der Waals surface area contributed by atoms with Gasteiger partial charge in [-0.1, -0.05) is 89.1 Å². The monoisotopic (exact) mass is 396 g/mol. The first-order chi connectivity index (χ1) is 13.6. The van der Waals surface area contributed by atoms with E-state index in [1.165, 1.54) is 73.8 Å². The van der Waals surface area contributed by atoms with Crippen LogP contribution in [0.3, 0.4) is 0 Å². The summed E-state index contributed by atoms with van der Waals surface area (Å²) in [7, 11) is 0. The maximum absolute atomic E-state index is 2.53. The minimum absolute atomic E-state index is 0.743. The SMILES string of the molecule is CCC(CC)CCCCC1CCC(c2cc(C)ccc2-c2cccs2)CC1C.